The van der Waals surface area contributed by atoms with E-state index in [1.165, 1.54) is 6.42 Å². The van der Waals surface area contributed by atoms with Gasteiger partial charge in [-0.3, -0.25) is 4.79 Å². The highest BCUT2D eigenvalue weighted by atomic mass is 16.1. The molecule has 1 saturated heterocycles. The van der Waals surface area contributed by atoms with Crippen molar-refractivity contribution in [1.82, 2.24) is 5.32 Å². The summed E-state index contributed by atoms with van der Waals surface area (Å²) in [5, 5.41) is 3.15. The first-order valence-electron chi connectivity index (χ1n) is 7.62. The van der Waals surface area contributed by atoms with Crippen molar-refractivity contribution >= 4 is 5.91 Å². The minimum atomic E-state index is 0.187. The fourth-order valence-corrected chi connectivity index (χ4v) is 3.40. The normalized spacial score (nSPS) is 30.5. The van der Waals surface area contributed by atoms with Gasteiger partial charge < -0.3 is 5.32 Å². The van der Waals surface area contributed by atoms with Gasteiger partial charge in [0, 0.05) is 12.5 Å². The van der Waals surface area contributed by atoms with Crippen molar-refractivity contribution in [2.45, 2.75) is 54.4 Å². The second kappa shape index (κ2) is 6.58. The van der Waals surface area contributed by atoms with Gasteiger partial charge in [-0.05, 0) is 42.4 Å². The molecule has 3 unspecified atom stereocenters. The lowest BCUT2D eigenvalue weighted by atomic mass is 9.69. The summed E-state index contributed by atoms with van der Waals surface area (Å²) in [4.78, 5) is 12.3. The molecule has 1 aliphatic heterocycles. The molecule has 0 aromatic heterocycles. The lowest BCUT2D eigenvalue weighted by molar-refractivity contribution is -0.130. The van der Waals surface area contributed by atoms with Crippen LogP contribution in [0.3, 0.4) is 0 Å². The summed E-state index contributed by atoms with van der Waals surface area (Å²) in [6.45, 7) is 14.4. The van der Waals surface area contributed by atoms with Gasteiger partial charge in [-0.1, -0.05) is 41.5 Å². The number of carbonyl (C=O) groups is 1. The number of amides is 1. The van der Waals surface area contributed by atoms with Crippen molar-refractivity contribution in [2.24, 2.45) is 35.5 Å². The fraction of sp³-hybridized carbons (Fsp3) is 0.938. The molecule has 0 bridgehead atoms. The van der Waals surface area contributed by atoms with E-state index in [-0.39, 0.29) is 11.8 Å². The maximum absolute atomic E-state index is 12.3. The number of rotatable bonds is 3. The van der Waals surface area contributed by atoms with Gasteiger partial charge >= 0.3 is 0 Å². The van der Waals surface area contributed by atoms with Gasteiger partial charge in [0.1, 0.15) is 0 Å². The molecule has 1 amide bonds. The average Bonchev–Trinajstić information content (AvgIpc) is 2.21. The van der Waals surface area contributed by atoms with Crippen LogP contribution in [0.15, 0.2) is 0 Å². The Bertz CT molecular complexity index is 270. The van der Waals surface area contributed by atoms with Gasteiger partial charge in [0.15, 0.2) is 0 Å². The summed E-state index contributed by atoms with van der Waals surface area (Å²) in [5.74, 6) is 3.48. The minimum absolute atomic E-state index is 0.187. The Labute approximate surface area is 113 Å². The predicted molar refractivity (Wildman–Crippen MR) is 77.2 cm³/mol. The molecule has 1 rings (SSSR count). The van der Waals surface area contributed by atoms with Crippen LogP contribution in [0, 0.1) is 35.5 Å². The van der Waals surface area contributed by atoms with Gasteiger partial charge in [-0.25, -0.2) is 0 Å². The summed E-state index contributed by atoms with van der Waals surface area (Å²) in [6.07, 6.45) is 2.35. The Kier molecular flexibility index (Phi) is 5.68. The Morgan fingerprint density at radius 2 is 1.61 bits per heavy atom. The van der Waals surface area contributed by atoms with Crippen molar-refractivity contribution in [3.8, 4) is 0 Å². The monoisotopic (exact) mass is 253 g/mol. The molecular formula is C16H31NO. The quantitative estimate of drug-likeness (QED) is 0.816. The topological polar surface area (TPSA) is 29.1 Å². The standard InChI is InChI=1S/C16H31NO/c1-10(2)13-7-8-17-16(18)15(12(5)6)14(9-13)11(3)4/h10-15H,7-9H2,1-6H3,(H,17,18). The summed E-state index contributed by atoms with van der Waals surface area (Å²) >= 11 is 0. The molecule has 0 spiro atoms. The molecule has 18 heavy (non-hydrogen) atoms. The third-order valence-corrected chi connectivity index (χ3v) is 4.67. The van der Waals surface area contributed by atoms with Crippen LogP contribution in [0.5, 0.6) is 0 Å². The van der Waals surface area contributed by atoms with Crippen LogP contribution < -0.4 is 5.32 Å². The predicted octanol–water partition coefficient (Wildman–Crippen LogP) is 3.71. The third-order valence-electron chi connectivity index (χ3n) is 4.67. The Hall–Kier alpha value is -0.530. The number of hydrogen-bond acceptors (Lipinski definition) is 1. The molecule has 0 aromatic rings. The van der Waals surface area contributed by atoms with E-state index >= 15 is 0 Å². The van der Waals surface area contributed by atoms with Crippen molar-refractivity contribution < 1.29 is 4.79 Å². The molecule has 0 aromatic carbocycles. The van der Waals surface area contributed by atoms with E-state index in [2.05, 4.69) is 46.9 Å². The molecule has 1 heterocycles. The molecule has 0 radical (unpaired) electrons. The van der Waals surface area contributed by atoms with E-state index in [0.717, 1.165) is 18.9 Å². The molecule has 2 nitrogen and oxygen atoms in total. The second-order valence-electron chi connectivity index (χ2n) is 7.00. The van der Waals surface area contributed by atoms with Crippen molar-refractivity contribution in [1.29, 1.82) is 0 Å². The van der Waals surface area contributed by atoms with Crippen molar-refractivity contribution in [3.05, 3.63) is 0 Å². The van der Waals surface area contributed by atoms with Crippen LogP contribution in [-0.4, -0.2) is 12.5 Å². The molecule has 1 N–H and O–H groups in total. The fourth-order valence-electron chi connectivity index (χ4n) is 3.40. The van der Waals surface area contributed by atoms with E-state index in [0.29, 0.717) is 23.7 Å². The molecule has 106 valence electrons. The highest BCUT2D eigenvalue weighted by molar-refractivity contribution is 5.79. The largest absolute Gasteiger partial charge is 0.356 e. The smallest absolute Gasteiger partial charge is 0.223 e. The molecular weight excluding hydrogens is 222 g/mol. The first kappa shape index (κ1) is 15.5. The number of carbonyl (C=O) groups excluding carboxylic acids is 1. The van der Waals surface area contributed by atoms with E-state index in [1.807, 2.05) is 0 Å². The SMILES string of the molecule is CC(C)C1CCNC(=O)C(C(C)C)C(C(C)C)C1. The van der Waals surface area contributed by atoms with E-state index in [9.17, 15) is 4.79 Å². The van der Waals surface area contributed by atoms with Gasteiger partial charge in [-0.15, -0.1) is 0 Å². The zero-order valence-electron chi connectivity index (χ0n) is 13.0. The van der Waals surface area contributed by atoms with E-state index < -0.39 is 0 Å². The molecule has 3 atom stereocenters. The van der Waals surface area contributed by atoms with Gasteiger partial charge in [0.05, 0.1) is 0 Å². The highest BCUT2D eigenvalue weighted by Crippen LogP contribution is 2.37. The number of hydrogen-bond donors (Lipinski definition) is 1. The summed E-state index contributed by atoms with van der Waals surface area (Å²) in [6, 6.07) is 0. The van der Waals surface area contributed by atoms with Crippen LogP contribution in [0.2, 0.25) is 0 Å². The zero-order chi connectivity index (χ0) is 13.9. The van der Waals surface area contributed by atoms with E-state index in [4.69, 9.17) is 0 Å². The van der Waals surface area contributed by atoms with Gasteiger partial charge in [-0.2, -0.15) is 0 Å². The molecule has 1 fully saturated rings. The third kappa shape index (κ3) is 3.73. The second-order valence-corrected chi connectivity index (χ2v) is 7.00. The Morgan fingerprint density at radius 1 is 1.00 bits per heavy atom. The van der Waals surface area contributed by atoms with Crippen molar-refractivity contribution in [3.63, 3.8) is 0 Å². The first-order chi connectivity index (χ1) is 8.34. The van der Waals surface area contributed by atoms with E-state index in [1.54, 1.807) is 0 Å². The minimum Gasteiger partial charge on any atom is -0.356 e. The van der Waals surface area contributed by atoms with Gasteiger partial charge in [0.2, 0.25) is 5.91 Å². The van der Waals surface area contributed by atoms with Gasteiger partial charge in [0.25, 0.3) is 0 Å². The highest BCUT2D eigenvalue weighted by Gasteiger charge is 2.36. The summed E-state index contributed by atoms with van der Waals surface area (Å²) < 4.78 is 0. The molecule has 0 aliphatic carbocycles. The van der Waals surface area contributed by atoms with Crippen LogP contribution in [0.25, 0.3) is 0 Å². The van der Waals surface area contributed by atoms with Crippen LogP contribution in [0.1, 0.15) is 54.4 Å². The molecule has 0 saturated carbocycles. The average molecular weight is 253 g/mol. The summed E-state index contributed by atoms with van der Waals surface area (Å²) in [7, 11) is 0. The number of nitrogens with one attached hydrogen (secondary N) is 1. The lowest BCUT2D eigenvalue weighted by Gasteiger charge is -2.38. The van der Waals surface area contributed by atoms with Crippen molar-refractivity contribution in [2.75, 3.05) is 6.54 Å². The van der Waals surface area contributed by atoms with Crippen LogP contribution in [-0.2, 0) is 4.79 Å². The molecule has 1 aliphatic rings. The molecule has 2 heteroatoms. The zero-order valence-corrected chi connectivity index (χ0v) is 13.0. The lowest BCUT2D eigenvalue weighted by Crippen LogP contribution is -2.43. The Balaban J connectivity index is 2.93. The Morgan fingerprint density at radius 3 is 2.06 bits per heavy atom. The van der Waals surface area contributed by atoms with Crippen LogP contribution >= 0.6 is 0 Å². The maximum Gasteiger partial charge on any atom is 0.223 e. The first-order valence-corrected chi connectivity index (χ1v) is 7.62. The van der Waals surface area contributed by atoms with Crippen LogP contribution in [0.4, 0.5) is 0 Å². The summed E-state index contributed by atoms with van der Waals surface area (Å²) in [5.41, 5.74) is 0. The maximum atomic E-state index is 12.3.